The Morgan fingerprint density at radius 2 is 1.71 bits per heavy atom. The molecule has 24 heavy (non-hydrogen) atoms. The predicted octanol–water partition coefficient (Wildman–Crippen LogP) is 3.46. The van der Waals surface area contributed by atoms with Crippen LogP contribution < -0.4 is 20.1 Å². The van der Waals surface area contributed by atoms with Crippen molar-refractivity contribution in [3.63, 3.8) is 0 Å². The van der Waals surface area contributed by atoms with Gasteiger partial charge in [-0.3, -0.25) is 0 Å². The molecule has 0 fully saturated rings. The first kappa shape index (κ1) is 17.7. The highest BCUT2D eigenvalue weighted by Crippen LogP contribution is 2.25. The van der Waals surface area contributed by atoms with Gasteiger partial charge in [-0.1, -0.05) is 30.3 Å². The van der Waals surface area contributed by atoms with Crippen molar-refractivity contribution in [2.75, 3.05) is 13.8 Å². The summed E-state index contributed by atoms with van der Waals surface area (Å²) in [4.78, 5) is 11.9. The van der Waals surface area contributed by atoms with Gasteiger partial charge in [-0.05, 0) is 43.5 Å². The minimum atomic E-state index is -0.288. The third-order valence-electron chi connectivity index (χ3n) is 3.95. The van der Waals surface area contributed by atoms with Crippen LogP contribution in [0, 0.1) is 20.8 Å². The second-order valence-electron chi connectivity index (χ2n) is 5.61. The quantitative estimate of drug-likeness (QED) is 0.799. The Balaban J connectivity index is 1.83. The number of methoxy groups -OCH3 is 1. The number of carbonyl (C=O) groups excluding carboxylic acids is 1. The standard InChI is InChI=1S/C19H24N2O3/c1-13-9-10-14(2)18(15(13)3)24-12-21-19(22)20-11-16-7-5-6-8-17(16)23-4/h5-10H,11-12H2,1-4H3,(H2,20,21,22). The molecule has 5 heteroatoms. The Bertz CT molecular complexity index is 714. The second-order valence-corrected chi connectivity index (χ2v) is 5.61. The first-order valence-corrected chi connectivity index (χ1v) is 7.86. The van der Waals surface area contributed by atoms with Gasteiger partial charge in [0, 0.05) is 12.1 Å². The molecule has 2 N–H and O–H groups in total. The molecule has 128 valence electrons. The number of nitrogens with one attached hydrogen (secondary N) is 2. The van der Waals surface area contributed by atoms with Gasteiger partial charge in [-0.15, -0.1) is 0 Å². The summed E-state index contributed by atoms with van der Waals surface area (Å²) in [7, 11) is 1.61. The Kier molecular flexibility index (Phi) is 6.07. The van der Waals surface area contributed by atoms with Crippen LogP contribution in [-0.2, 0) is 6.54 Å². The molecular weight excluding hydrogens is 304 g/mol. The first-order chi connectivity index (χ1) is 11.5. The van der Waals surface area contributed by atoms with Crippen LogP contribution >= 0.6 is 0 Å². The molecule has 0 aliphatic heterocycles. The molecule has 0 unspecified atom stereocenters. The third kappa shape index (κ3) is 4.41. The van der Waals surface area contributed by atoms with Crippen molar-refractivity contribution in [3.8, 4) is 11.5 Å². The van der Waals surface area contributed by atoms with Crippen molar-refractivity contribution in [2.24, 2.45) is 0 Å². The molecular formula is C19H24N2O3. The Hall–Kier alpha value is -2.69. The predicted molar refractivity (Wildman–Crippen MR) is 94.5 cm³/mol. The van der Waals surface area contributed by atoms with Crippen LogP contribution in [-0.4, -0.2) is 19.9 Å². The summed E-state index contributed by atoms with van der Waals surface area (Å²) in [5.74, 6) is 1.57. The molecule has 0 aromatic heterocycles. The zero-order valence-electron chi connectivity index (χ0n) is 14.6. The van der Waals surface area contributed by atoms with Crippen LogP contribution in [0.2, 0.25) is 0 Å². The molecule has 2 amide bonds. The van der Waals surface area contributed by atoms with Gasteiger partial charge in [-0.2, -0.15) is 0 Å². The second kappa shape index (κ2) is 8.24. The lowest BCUT2D eigenvalue weighted by molar-refractivity contribution is 0.223. The maximum atomic E-state index is 11.9. The van der Waals surface area contributed by atoms with Crippen molar-refractivity contribution in [1.29, 1.82) is 0 Å². The fourth-order valence-electron chi connectivity index (χ4n) is 2.41. The number of aryl methyl sites for hydroxylation is 2. The number of ether oxygens (including phenoxy) is 2. The molecule has 0 saturated heterocycles. The van der Waals surface area contributed by atoms with Crippen molar-refractivity contribution in [2.45, 2.75) is 27.3 Å². The molecule has 2 rings (SSSR count). The highest BCUT2D eigenvalue weighted by Gasteiger charge is 2.08. The maximum Gasteiger partial charge on any atom is 0.317 e. The highest BCUT2D eigenvalue weighted by atomic mass is 16.5. The smallest absolute Gasteiger partial charge is 0.317 e. The van der Waals surface area contributed by atoms with Crippen molar-refractivity contribution in [3.05, 3.63) is 58.7 Å². The molecule has 0 aliphatic carbocycles. The third-order valence-corrected chi connectivity index (χ3v) is 3.95. The SMILES string of the molecule is COc1ccccc1CNC(=O)NCOc1c(C)ccc(C)c1C. The minimum Gasteiger partial charge on any atom is -0.496 e. The zero-order valence-corrected chi connectivity index (χ0v) is 14.6. The summed E-state index contributed by atoms with van der Waals surface area (Å²) in [6.45, 7) is 6.54. The van der Waals surface area contributed by atoms with Gasteiger partial charge in [0.25, 0.3) is 0 Å². The van der Waals surface area contributed by atoms with Gasteiger partial charge in [-0.25, -0.2) is 4.79 Å². The van der Waals surface area contributed by atoms with Crippen LogP contribution in [0.15, 0.2) is 36.4 Å². The molecule has 0 radical (unpaired) electrons. The Morgan fingerprint density at radius 3 is 2.46 bits per heavy atom. The minimum absolute atomic E-state index is 0.114. The van der Waals surface area contributed by atoms with Crippen LogP contribution in [0.5, 0.6) is 11.5 Å². The topological polar surface area (TPSA) is 59.6 Å². The lowest BCUT2D eigenvalue weighted by Crippen LogP contribution is -2.37. The number of para-hydroxylation sites is 1. The maximum absolute atomic E-state index is 11.9. The molecule has 0 spiro atoms. The molecule has 2 aromatic carbocycles. The van der Waals surface area contributed by atoms with Crippen LogP contribution in [0.25, 0.3) is 0 Å². The first-order valence-electron chi connectivity index (χ1n) is 7.86. The molecule has 2 aromatic rings. The summed E-state index contributed by atoms with van der Waals surface area (Å²) in [6, 6.07) is 11.4. The molecule has 0 bridgehead atoms. The van der Waals surface area contributed by atoms with E-state index in [0.717, 1.165) is 33.8 Å². The molecule has 0 aliphatic rings. The highest BCUT2D eigenvalue weighted by molar-refractivity contribution is 5.73. The van der Waals surface area contributed by atoms with Crippen molar-refractivity contribution in [1.82, 2.24) is 10.6 Å². The summed E-state index contributed by atoms with van der Waals surface area (Å²) in [5, 5.41) is 5.49. The number of benzene rings is 2. The average Bonchev–Trinajstić information content (AvgIpc) is 2.59. The normalized spacial score (nSPS) is 10.2. The van der Waals surface area contributed by atoms with E-state index in [2.05, 4.69) is 16.7 Å². The van der Waals surface area contributed by atoms with E-state index in [1.54, 1.807) is 7.11 Å². The molecule has 5 nitrogen and oxygen atoms in total. The summed E-state index contributed by atoms with van der Waals surface area (Å²) < 4.78 is 11.0. The van der Waals surface area contributed by atoms with Crippen LogP contribution in [0.1, 0.15) is 22.3 Å². The van der Waals surface area contributed by atoms with Gasteiger partial charge >= 0.3 is 6.03 Å². The average molecular weight is 328 g/mol. The number of hydrogen-bond donors (Lipinski definition) is 2. The number of urea groups is 1. The van der Waals surface area contributed by atoms with E-state index < -0.39 is 0 Å². The van der Waals surface area contributed by atoms with E-state index in [-0.39, 0.29) is 12.8 Å². The van der Waals surface area contributed by atoms with E-state index in [9.17, 15) is 4.79 Å². The monoisotopic (exact) mass is 328 g/mol. The Labute approximate surface area is 143 Å². The number of amides is 2. The fourth-order valence-corrected chi connectivity index (χ4v) is 2.41. The van der Waals surface area contributed by atoms with Crippen LogP contribution in [0.3, 0.4) is 0 Å². The van der Waals surface area contributed by atoms with Gasteiger partial charge in [0.15, 0.2) is 6.73 Å². The van der Waals surface area contributed by atoms with Crippen molar-refractivity contribution < 1.29 is 14.3 Å². The lowest BCUT2D eigenvalue weighted by atomic mass is 10.1. The van der Waals surface area contributed by atoms with E-state index in [1.807, 2.05) is 51.1 Å². The molecule has 0 heterocycles. The molecule has 0 atom stereocenters. The number of carbonyl (C=O) groups is 1. The Morgan fingerprint density at radius 1 is 1.00 bits per heavy atom. The fraction of sp³-hybridized carbons (Fsp3) is 0.316. The van der Waals surface area contributed by atoms with Crippen LogP contribution in [0.4, 0.5) is 4.79 Å². The van der Waals surface area contributed by atoms with Crippen molar-refractivity contribution >= 4 is 6.03 Å². The summed E-state index contributed by atoms with van der Waals surface area (Å²) >= 11 is 0. The zero-order chi connectivity index (χ0) is 17.5. The van der Waals surface area contributed by atoms with Gasteiger partial charge in [0.1, 0.15) is 11.5 Å². The number of hydrogen-bond acceptors (Lipinski definition) is 3. The summed E-state index contributed by atoms with van der Waals surface area (Å²) in [5.41, 5.74) is 4.22. The van der Waals surface area contributed by atoms with E-state index in [0.29, 0.717) is 6.54 Å². The number of rotatable bonds is 6. The van der Waals surface area contributed by atoms with Gasteiger partial charge in [0.2, 0.25) is 0 Å². The van der Waals surface area contributed by atoms with E-state index in [4.69, 9.17) is 9.47 Å². The van der Waals surface area contributed by atoms with E-state index in [1.165, 1.54) is 0 Å². The van der Waals surface area contributed by atoms with E-state index >= 15 is 0 Å². The largest absolute Gasteiger partial charge is 0.496 e. The molecule has 0 saturated carbocycles. The summed E-state index contributed by atoms with van der Waals surface area (Å²) in [6.07, 6.45) is 0. The lowest BCUT2D eigenvalue weighted by Gasteiger charge is -2.15. The van der Waals surface area contributed by atoms with Gasteiger partial charge in [0.05, 0.1) is 7.11 Å². The van der Waals surface area contributed by atoms with Gasteiger partial charge < -0.3 is 20.1 Å².